The maximum atomic E-state index is 10.8. The van der Waals surface area contributed by atoms with Crippen LogP contribution in [0, 0.1) is 5.41 Å². The second-order valence-electron chi connectivity index (χ2n) is 4.53. The molecule has 0 aliphatic rings. The highest BCUT2D eigenvalue weighted by atomic mass is 16.6. The normalized spacial score (nSPS) is 11.4. The molecule has 0 rings (SSSR count). The van der Waals surface area contributed by atoms with E-state index in [1.807, 2.05) is 20.8 Å². The Morgan fingerprint density at radius 2 is 1.42 bits per heavy atom. The molecule has 0 saturated heterocycles. The molecular formula is C12H25N3O4. The lowest BCUT2D eigenvalue weighted by molar-refractivity contribution is 0.00603. The minimum atomic E-state index is -0.837. The van der Waals surface area contributed by atoms with Crippen LogP contribution < -0.4 is 11.5 Å². The monoisotopic (exact) mass is 275 g/mol. The predicted octanol–water partition coefficient (Wildman–Crippen LogP) is 0.915. The van der Waals surface area contributed by atoms with E-state index < -0.39 is 17.6 Å². The fourth-order valence-corrected chi connectivity index (χ4v) is 1.82. The van der Waals surface area contributed by atoms with Gasteiger partial charge in [-0.2, -0.15) is 0 Å². The van der Waals surface area contributed by atoms with Gasteiger partial charge in [0.25, 0.3) is 0 Å². The van der Waals surface area contributed by atoms with Crippen LogP contribution in [0.25, 0.3) is 0 Å². The Balaban J connectivity index is 4.81. The van der Waals surface area contributed by atoms with Crippen LogP contribution in [0.5, 0.6) is 0 Å². The van der Waals surface area contributed by atoms with Gasteiger partial charge in [0.15, 0.2) is 0 Å². The molecule has 4 N–H and O–H groups in total. The molecule has 0 unspecified atom stereocenters. The molecule has 0 saturated carbocycles. The minimum absolute atomic E-state index is 0.0998. The molecule has 0 spiro atoms. The van der Waals surface area contributed by atoms with Gasteiger partial charge in [-0.05, 0) is 19.5 Å². The zero-order chi connectivity index (χ0) is 14.9. The Morgan fingerprint density at radius 3 is 1.68 bits per heavy atom. The van der Waals surface area contributed by atoms with Crippen molar-refractivity contribution in [1.29, 1.82) is 0 Å². The maximum Gasteiger partial charge on any atom is 0.404 e. The fourth-order valence-electron chi connectivity index (χ4n) is 1.82. The zero-order valence-corrected chi connectivity index (χ0v) is 12.0. The van der Waals surface area contributed by atoms with Gasteiger partial charge in [0.2, 0.25) is 0 Å². The molecule has 2 amide bonds. The zero-order valence-electron chi connectivity index (χ0n) is 12.0. The first-order valence-corrected chi connectivity index (χ1v) is 6.46. The summed E-state index contributed by atoms with van der Waals surface area (Å²) >= 11 is 0. The Labute approximate surface area is 114 Å². The number of rotatable bonds is 9. The molecule has 19 heavy (non-hydrogen) atoms. The van der Waals surface area contributed by atoms with Crippen LogP contribution in [0.3, 0.4) is 0 Å². The summed E-state index contributed by atoms with van der Waals surface area (Å²) < 4.78 is 9.80. The average Bonchev–Trinajstić information content (AvgIpc) is 2.38. The van der Waals surface area contributed by atoms with Gasteiger partial charge in [-0.1, -0.05) is 20.8 Å². The molecule has 7 nitrogen and oxygen atoms in total. The molecule has 0 aliphatic carbocycles. The summed E-state index contributed by atoms with van der Waals surface area (Å²) in [6.45, 7) is 8.55. The molecule has 0 aromatic carbocycles. The van der Waals surface area contributed by atoms with Crippen LogP contribution in [0.4, 0.5) is 9.59 Å². The van der Waals surface area contributed by atoms with E-state index in [2.05, 4.69) is 4.90 Å². The van der Waals surface area contributed by atoms with Gasteiger partial charge in [0.1, 0.15) is 13.2 Å². The first-order chi connectivity index (χ1) is 8.89. The van der Waals surface area contributed by atoms with Crippen LogP contribution in [0.1, 0.15) is 27.2 Å². The Kier molecular flexibility index (Phi) is 7.90. The van der Waals surface area contributed by atoms with Crippen molar-refractivity contribution in [3.63, 3.8) is 0 Å². The van der Waals surface area contributed by atoms with Crippen molar-refractivity contribution >= 4 is 12.2 Å². The van der Waals surface area contributed by atoms with E-state index in [0.29, 0.717) is 13.0 Å². The van der Waals surface area contributed by atoms with Crippen molar-refractivity contribution in [2.24, 2.45) is 16.9 Å². The first-order valence-electron chi connectivity index (χ1n) is 6.46. The molecule has 0 radical (unpaired) electrons. The number of nitrogens with zero attached hydrogens (tertiary/aromatic N) is 1. The molecule has 112 valence electrons. The molecule has 0 bridgehead atoms. The van der Waals surface area contributed by atoms with E-state index in [1.54, 1.807) is 0 Å². The van der Waals surface area contributed by atoms with Gasteiger partial charge in [-0.25, -0.2) is 9.59 Å². The van der Waals surface area contributed by atoms with Crippen molar-refractivity contribution in [3.05, 3.63) is 0 Å². The summed E-state index contributed by atoms with van der Waals surface area (Å²) in [5, 5.41) is 0. The number of hydrogen-bond acceptors (Lipinski definition) is 5. The highest BCUT2D eigenvalue weighted by molar-refractivity contribution is 5.65. The maximum absolute atomic E-state index is 10.8. The molecule has 0 heterocycles. The number of ether oxygens (including phenoxy) is 2. The third-order valence-corrected chi connectivity index (χ3v) is 3.24. The lowest BCUT2D eigenvalue weighted by Crippen LogP contribution is -2.45. The van der Waals surface area contributed by atoms with E-state index in [1.165, 1.54) is 0 Å². The number of carbonyl (C=O) groups is 2. The number of carbonyl (C=O) groups excluding carboxylic acids is 2. The van der Waals surface area contributed by atoms with Gasteiger partial charge in [0.05, 0.1) is 5.41 Å². The number of nitrogens with two attached hydrogens (primary N) is 2. The van der Waals surface area contributed by atoms with Crippen molar-refractivity contribution in [3.8, 4) is 0 Å². The van der Waals surface area contributed by atoms with Gasteiger partial charge in [-0.3, -0.25) is 0 Å². The largest absolute Gasteiger partial charge is 0.449 e. The van der Waals surface area contributed by atoms with Crippen molar-refractivity contribution in [1.82, 2.24) is 4.90 Å². The lowest BCUT2D eigenvalue weighted by atomic mass is 9.86. The molecule has 7 heteroatoms. The van der Waals surface area contributed by atoms with Crippen LogP contribution in [-0.4, -0.2) is 49.9 Å². The van der Waals surface area contributed by atoms with Crippen molar-refractivity contribution in [2.75, 3.05) is 32.8 Å². The van der Waals surface area contributed by atoms with Crippen molar-refractivity contribution in [2.45, 2.75) is 27.2 Å². The molecule has 0 aromatic heterocycles. The second-order valence-corrected chi connectivity index (χ2v) is 4.53. The van der Waals surface area contributed by atoms with Gasteiger partial charge in [0, 0.05) is 6.54 Å². The van der Waals surface area contributed by atoms with Gasteiger partial charge in [-0.15, -0.1) is 0 Å². The predicted molar refractivity (Wildman–Crippen MR) is 71.6 cm³/mol. The van der Waals surface area contributed by atoms with E-state index in [9.17, 15) is 9.59 Å². The van der Waals surface area contributed by atoms with E-state index in [-0.39, 0.29) is 13.2 Å². The minimum Gasteiger partial charge on any atom is -0.449 e. The second kappa shape index (κ2) is 8.58. The lowest BCUT2D eigenvalue weighted by Gasteiger charge is -2.35. The number of hydrogen-bond donors (Lipinski definition) is 2. The summed E-state index contributed by atoms with van der Waals surface area (Å²) in [5.41, 5.74) is 9.51. The van der Waals surface area contributed by atoms with E-state index in [0.717, 1.165) is 13.1 Å². The first kappa shape index (κ1) is 17.5. The highest BCUT2D eigenvalue weighted by Gasteiger charge is 2.33. The number of amides is 2. The Bertz CT molecular complexity index is 275. The quantitative estimate of drug-likeness (QED) is 0.650. The summed E-state index contributed by atoms with van der Waals surface area (Å²) in [6, 6.07) is 0. The van der Waals surface area contributed by atoms with Gasteiger partial charge < -0.3 is 25.8 Å². The smallest absolute Gasteiger partial charge is 0.404 e. The van der Waals surface area contributed by atoms with Crippen LogP contribution in [0.15, 0.2) is 0 Å². The van der Waals surface area contributed by atoms with Crippen LogP contribution >= 0.6 is 0 Å². The fraction of sp³-hybridized carbons (Fsp3) is 0.833. The van der Waals surface area contributed by atoms with Gasteiger partial charge >= 0.3 is 12.2 Å². The Hall–Kier alpha value is -1.50. The summed E-state index contributed by atoms with van der Waals surface area (Å²) in [5.74, 6) is 0. The molecule has 0 aliphatic heterocycles. The highest BCUT2D eigenvalue weighted by Crippen LogP contribution is 2.25. The number of primary amides is 2. The standard InChI is InChI=1S/C12H25N3O4/c1-4-12(8-18-10(13)16,9-19-11(14)17)7-15(5-2)6-3/h4-9H2,1-3H3,(H2,13,16)(H2,14,17). The molecule has 0 atom stereocenters. The Morgan fingerprint density at radius 1 is 1.00 bits per heavy atom. The van der Waals surface area contributed by atoms with Crippen LogP contribution in [-0.2, 0) is 9.47 Å². The third kappa shape index (κ3) is 6.85. The summed E-state index contributed by atoms with van der Waals surface area (Å²) in [4.78, 5) is 23.7. The molecule has 0 aromatic rings. The summed E-state index contributed by atoms with van der Waals surface area (Å²) in [7, 11) is 0. The molecule has 0 fully saturated rings. The van der Waals surface area contributed by atoms with E-state index >= 15 is 0 Å². The van der Waals surface area contributed by atoms with E-state index in [4.69, 9.17) is 20.9 Å². The molecular weight excluding hydrogens is 250 g/mol. The average molecular weight is 275 g/mol. The van der Waals surface area contributed by atoms with Crippen LogP contribution in [0.2, 0.25) is 0 Å². The summed E-state index contributed by atoms with van der Waals surface area (Å²) in [6.07, 6.45) is -1.00. The SMILES string of the molecule is CCN(CC)CC(CC)(COC(N)=O)COC(N)=O. The topological polar surface area (TPSA) is 108 Å². The van der Waals surface area contributed by atoms with Crippen molar-refractivity contribution < 1.29 is 19.1 Å². The third-order valence-electron chi connectivity index (χ3n) is 3.24.